The zero-order valence-corrected chi connectivity index (χ0v) is 26.2. The topological polar surface area (TPSA) is 245 Å². The molecule has 18 nitrogen and oxygen atoms in total. The molecule has 0 spiro atoms. The lowest BCUT2D eigenvalue weighted by molar-refractivity contribution is -0.0240. The normalized spacial score (nSPS) is 37.7. The van der Waals surface area contributed by atoms with Crippen molar-refractivity contribution in [2.24, 2.45) is 0 Å². The summed E-state index contributed by atoms with van der Waals surface area (Å²) < 4.78 is 71.5. The molecular formula is C21H25F2N11O7P2S2. The van der Waals surface area contributed by atoms with E-state index in [0.717, 1.165) is 10.9 Å². The average Bonchev–Trinajstić information content (AvgIpc) is 3.72. The maximum absolute atomic E-state index is 16.1. The Kier molecular flexibility index (Phi) is 7.75. The Labute approximate surface area is 261 Å². The smallest absolute Gasteiger partial charge is 0.280 e. The first kappa shape index (κ1) is 31.0. The highest BCUT2D eigenvalue weighted by molar-refractivity contribution is 8.46. The first-order valence-electron chi connectivity index (χ1n) is 13.3. The van der Waals surface area contributed by atoms with Crippen LogP contribution in [0.4, 0.5) is 20.5 Å². The summed E-state index contributed by atoms with van der Waals surface area (Å²) in [6, 6.07) is 0. The lowest BCUT2D eigenvalue weighted by Crippen LogP contribution is -2.39. The van der Waals surface area contributed by atoms with Crippen LogP contribution in [-0.2, 0) is 34.9 Å². The first-order valence-corrected chi connectivity index (χ1v) is 19.0. The SMILES string of the molecule is Nc1nc2c(ncn2[C@@H]2O[C@@H]3CNP(O)(=S)OC4[C@@H](CCP(=O)(S)O[C@@H]3C2F)O[C@@H](n2cnc3c(N)ncnc32)[C@H]4F)c(=O)[nH]1. The van der Waals surface area contributed by atoms with Crippen molar-refractivity contribution in [1.29, 1.82) is 0 Å². The molecule has 7 heterocycles. The first-order chi connectivity index (χ1) is 21.3. The van der Waals surface area contributed by atoms with Gasteiger partial charge in [0.25, 0.3) is 18.8 Å². The number of nitrogens with one attached hydrogen (secondary N) is 2. The van der Waals surface area contributed by atoms with Gasteiger partial charge in [0, 0.05) is 12.7 Å². The monoisotopic (exact) mass is 707 g/mol. The Balaban J connectivity index is 1.17. The lowest BCUT2D eigenvalue weighted by atomic mass is 10.1. The van der Waals surface area contributed by atoms with E-state index >= 15 is 8.78 Å². The number of nitrogens with two attached hydrogens (primary N) is 2. The van der Waals surface area contributed by atoms with Gasteiger partial charge < -0.3 is 34.9 Å². The highest BCUT2D eigenvalue weighted by atomic mass is 32.7. The highest BCUT2D eigenvalue weighted by Gasteiger charge is 2.53. The van der Waals surface area contributed by atoms with Crippen molar-refractivity contribution < 1.29 is 36.8 Å². The molecule has 7 rings (SSSR count). The molecule has 0 amide bonds. The number of alkyl halides is 2. The Hall–Kier alpha value is -2.65. The third-order valence-electron chi connectivity index (χ3n) is 7.66. The van der Waals surface area contributed by atoms with Crippen LogP contribution in [0, 0.1) is 0 Å². The van der Waals surface area contributed by atoms with Crippen LogP contribution in [0.15, 0.2) is 23.8 Å². The minimum atomic E-state index is -3.99. The number of nitrogens with zero attached hydrogens (tertiary/aromatic N) is 7. The van der Waals surface area contributed by atoms with E-state index in [1.807, 2.05) is 0 Å². The Morgan fingerprint density at radius 1 is 1.00 bits per heavy atom. The van der Waals surface area contributed by atoms with E-state index in [4.69, 9.17) is 41.8 Å². The van der Waals surface area contributed by atoms with Crippen molar-refractivity contribution >= 4 is 71.4 Å². The van der Waals surface area contributed by atoms with E-state index in [1.165, 1.54) is 17.2 Å². The molecule has 4 aromatic rings. The molecular weight excluding hydrogens is 682 g/mol. The molecule has 3 aliphatic heterocycles. The van der Waals surface area contributed by atoms with Gasteiger partial charge in [0.1, 0.15) is 30.2 Å². The van der Waals surface area contributed by atoms with Gasteiger partial charge in [-0.2, -0.15) is 4.98 Å². The quantitative estimate of drug-likeness (QED) is 0.124. The van der Waals surface area contributed by atoms with Crippen LogP contribution in [0.2, 0.25) is 0 Å². The van der Waals surface area contributed by atoms with E-state index in [9.17, 15) is 14.3 Å². The maximum Gasteiger partial charge on any atom is 0.280 e. The number of aromatic nitrogens is 8. The molecule has 24 heteroatoms. The number of fused-ring (bicyclic) bond motifs is 4. The summed E-state index contributed by atoms with van der Waals surface area (Å²) in [5.74, 6) is -0.153. The van der Waals surface area contributed by atoms with E-state index in [1.54, 1.807) is 0 Å². The number of nitrogen functional groups attached to an aromatic ring is 2. The van der Waals surface area contributed by atoms with E-state index in [-0.39, 0.29) is 53.2 Å². The predicted molar refractivity (Wildman–Crippen MR) is 160 cm³/mol. The Bertz CT molecular complexity index is 1950. The largest absolute Gasteiger partial charge is 0.382 e. The number of hydrogen-bond acceptors (Lipinski definition) is 14. The number of aromatic amines is 1. The van der Waals surface area contributed by atoms with Crippen LogP contribution in [-0.4, -0.2) is 93.4 Å². The average molecular weight is 708 g/mol. The number of rotatable bonds is 2. The van der Waals surface area contributed by atoms with Gasteiger partial charge in [-0.05, 0) is 18.2 Å². The van der Waals surface area contributed by atoms with Gasteiger partial charge in [-0.15, -0.1) is 0 Å². The Morgan fingerprint density at radius 2 is 1.64 bits per heavy atom. The van der Waals surface area contributed by atoms with Crippen molar-refractivity contribution in [3.63, 3.8) is 0 Å². The minimum Gasteiger partial charge on any atom is -0.382 e. The highest BCUT2D eigenvalue weighted by Crippen LogP contribution is 2.58. The standard InChI is InChI=1S/C21H25F2N11O7P2S2/c22-9-13-7(38-19(9)33-5-28-11-15(24)26-4-27-16(11)33)1-2-42(36,44)40-14-8(3-30-43(37,45)41-13)39-20(10(14)23)34-6-29-12-17(34)31-21(25)32-18(12)35/h4-10,13-14,19-20H,1-3H2,(H,36,44)(H2,24,26,27)(H2,30,37,45)(H3,25,31,32,35)/t7-,8-,9+,10?,13?,14+,19-,20-,42?,43?/m1/s1. The van der Waals surface area contributed by atoms with E-state index in [2.05, 4.69) is 47.2 Å². The zero-order valence-electron chi connectivity index (χ0n) is 22.7. The lowest BCUT2D eigenvalue weighted by Gasteiger charge is -2.30. The molecule has 3 saturated heterocycles. The van der Waals surface area contributed by atoms with Crippen LogP contribution in [0.5, 0.6) is 0 Å². The summed E-state index contributed by atoms with van der Waals surface area (Å²) in [4.78, 5) is 45.7. The van der Waals surface area contributed by atoms with Gasteiger partial charge in [-0.25, -0.2) is 33.8 Å². The molecule has 3 fully saturated rings. The number of H-pyrrole nitrogens is 1. The molecule has 4 aromatic heterocycles. The zero-order chi connectivity index (χ0) is 31.8. The number of anilines is 2. The van der Waals surface area contributed by atoms with Gasteiger partial charge in [0.2, 0.25) is 5.95 Å². The van der Waals surface area contributed by atoms with Gasteiger partial charge in [-0.1, -0.05) is 12.2 Å². The second-order valence-corrected chi connectivity index (χ2v) is 17.4. The molecule has 4 unspecified atom stereocenters. The minimum absolute atomic E-state index is 0.0628. The summed E-state index contributed by atoms with van der Waals surface area (Å²) in [5.41, 5.74) is 11.1. The fraction of sp³-hybridized carbons (Fsp3) is 0.524. The number of hydrogen-bond donors (Lipinski definition) is 6. The maximum atomic E-state index is 16.1. The van der Waals surface area contributed by atoms with Crippen LogP contribution in [0.1, 0.15) is 18.9 Å². The molecule has 7 N–H and O–H groups in total. The predicted octanol–water partition coefficient (Wildman–Crippen LogP) is 0.698. The second kappa shape index (κ2) is 11.3. The van der Waals surface area contributed by atoms with Crippen LogP contribution >= 0.6 is 25.5 Å². The molecule has 0 bridgehead atoms. The van der Waals surface area contributed by atoms with Crippen molar-refractivity contribution in [2.75, 3.05) is 24.2 Å². The third-order valence-corrected chi connectivity index (χ3v) is 11.7. The fourth-order valence-electron chi connectivity index (χ4n) is 5.61. The number of halogens is 2. The molecule has 10 atom stereocenters. The molecule has 242 valence electrons. The molecule has 45 heavy (non-hydrogen) atoms. The van der Waals surface area contributed by atoms with Gasteiger partial charge in [-0.3, -0.25) is 23.5 Å². The van der Waals surface area contributed by atoms with E-state index in [0.29, 0.717) is 0 Å². The Morgan fingerprint density at radius 3 is 2.38 bits per heavy atom. The molecule has 0 aromatic carbocycles. The van der Waals surface area contributed by atoms with Crippen molar-refractivity contribution in [3.8, 4) is 0 Å². The van der Waals surface area contributed by atoms with Gasteiger partial charge in [0.05, 0.1) is 18.8 Å². The van der Waals surface area contributed by atoms with Gasteiger partial charge in [0.15, 0.2) is 47.4 Å². The summed E-state index contributed by atoms with van der Waals surface area (Å²) in [6.45, 7) is -8.26. The van der Waals surface area contributed by atoms with E-state index < -0.39 is 68.0 Å². The number of thiol groups is 1. The van der Waals surface area contributed by atoms with Gasteiger partial charge >= 0.3 is 0 Å². The number of imidazole rings is 2. The summed E-state index contributed by atoms with van der Waals surface area (Å²) in [5, 5.41) is 2.62. The van der Waals surface area contributed by atoms with Crippen molar-refractivity contribution in [1.82, 2.24) is 44.1 Å². The number of ether oxygens (including phenoxy) is 2. The third kappa shape index (κ3) is 5.56. The molecule has 0 saturated carbocycles. The molecule has 3 aliphatic rings. The van der Waals surface area contributed by atoms with Crippen LogP contribution in [0.3, 0.4) is 0 Å². The second-order valence-electron chi connectivity index (χ2n) is 10.5. The fourth-order valence-corrected chi connectivity index (χ4v) is 9.19. The van der Waals surface area contributed by atoms with Crippen LogP contribution in [0.25, 0.3) is 22.3 Å². The summed E-state index contributed by atoms with van der Waals surface area (Å²) >= 11 is 9.51. The van der Waals surface area contributed by atoms with Crippen molar-refractivity contribution in [3.05, 3.63) is 29.3 Å². The van der Waals surface area contributed by atoms with Crippen molar-refractivity contribution in [2.45, 2.75) is 55.6 Å². The molecule has 0 aliphatic carbocycles. The summed E-state index contributed by atoms with van der Waals surface area (Å²) in [7, 11) is 0. The summed E-state index contributed by atoms with van der Waals surface area (Å²) in [6.07, 6.45) is -8.77. The molecule has 0 radical (unpaired) electrons. The van der Waals surface area contributed by atoms with Crippen LogP contribution < -0.4 is 22.1 Å².